The van der Waals surface area contributed by atoms with E-state index >= 15 is 0 Å². The number of rotatable bonds is 4. The molecular formula is C19H21ClN2O3. The Morgan fingerprint density at radius 3 is 2.48 bits per heavy atom. The van der Waals surface area contributed by atoms with Crippen LogP contribution in [-0.4, -0.2) is 29.2 Å². The summed E-state index contributed by atoms with van der Waals surface area (Å²) < 4.78 is 0. The molecule has 0 spiro atoms. The summed E-state index contributed by atoms with van der Waals surface area (Å²) in [4.78, 5) is 38.8. The van der Waals surface area contributed by atoms with Gasteiger partial charge in [0.25, 0.3) is 0 Å². The third-order valence-corrected chi connectivity index (χ3v) is 6.29. The zero-order chi connectivity index (χ0) is 17.7. The molecule has 1 heterocycles. The maximum atomic E-state index is 12.6. The van der Waals surface area contributed by atoms with Crippen molar-refractivity contribution >= 4 is 35.0 Å². The Labute approximate surface area is 151 Å². The van der Waals surface area contributed by atoms with E-state index in [4.69, 9.17) is 11.6 Å². The van der Waals surface area contributed by atoms with E-state index in [0.717, 1.165) is 24.8 Å². The normalized spacial score (nSPS) is 30.1. The average molecular weight is 361 g/mol. The van der Waals surface area contributed by atoms with Crippen LogP contribution in [0.1, 0.15) is 31.2 Å². The zero-order valence-corrected chi connectivity index (χ0v) is 14.9. The van der Waals surface area contributed by atoms with E-state index in [0.29, 0.717) is 22.5 Å². The minimum absolute atomic E-state index is 0.0612. The lowest BCUT2D eigenvalue weighted by atomic mass is 9.81. The van der Waals surface area contributed by atoms with Crippen molar-refractivity contribution in [2.24, 2.45) is 23.7 Å². The van der Waals surface area contributed by atoms with E-state index in [-0.39, 0.29) is 42.5 Å². The second-order valence-electron chi connectivity index (χ2n) is 7.47. The number of amides is 3. The van der Waals surface area contributed by atoms with Crippen molar-refractivity contribution in [3.8, 4) is 0 Å². The van der Waals surface area contributed by atoms with Crippen LogP contribution in [-0.2, 0) is 14.4 Å². The highest BCUT2D eigenvalue weighted by molar-refractivity contribution is 6.31. The highest BCUT2D eigenvalue weighted by Gasteiger charge is 2.60. The molecule has 25 heavy (non-hydrogen) atoms. The van der Waals surface area contributed by atoms with Crippen molar-refractivity contribution in [3.05, 3.63) is 28.8 Å². The third-order valence-electron chi connectivity index (χ3n) is 6.05. The van der Waals surface area contributed by atoms with Crippen molar-refractivity contribution in [2.75, 3.05) is 11.9 Å². The lowest BCUT2D eigenvalue weighted by Gasteiger charge is -2.19. The molecule has 1 aliphatic heterocycles. The Kier molecular flexibility index (Phi) is 4.07. The summed E-state index contributed by atoms with van der Waals surface area (Å²) >= 11 is 5.96. The Morgan fingerprint density at radius 2 is 1.84 bits per heavy atom. The van der Waals surface area contributed by atoms with Gasteiger partial charge in [-0.15, -0.1) is 0 Å². The number of hydrogen-bond acceptors (Lipinski definition) is 3. The maximum absolute atomic E-state index is 12.6. The molecule has 2 bridgehead atoms. The van der Waals surface area contributed by atoms with Gasteiger partial charge in [-0.05, 0) is 55.7 Å². The second-order valence-corrected chi connectivity index (χ2v) is 7.91. The van der Waals surface area contributed by atoms with Crippen molar-refractivity contribution in [2.45, 2.75) is 32.6 Å². The Morgan fingerprint density at radius 1 is 1.20 bits per heavy atom. The third kappa shape index (κ3) is 2.74. The number of imide groups is 1. The predicted molar refractivity (Wildman–Crippen MR) is 94.0 cm³/mol. The summed E-state index contributed by atoms with van der Waals surface area (Å²) in [6.07, 6.45) is 3.26. The Hall–Kier alpha value is -1.88. The number of benzene rings is 1. The van der Waals surface area contributed by atoms with Crippen LogP contribution in [0.2, 0.25) is 5.02 Å². The smallest absolute Gasteiger partial charge is 0.233 e. The van der Waals surface area contributed by atoms with E-state index in [9.17, 15) is 14.4 Å². The summed E-state index contributed by atoms with van der Waals surface area (Å²) in [6.45, 7) is 2.05. The van der Waals surface area contributed by atoms with Gasteiger partial charge < -0.3 is 5.32 Å². The SMILES string of the molecule is Cc1ccc(Cl)cc1NC(=O)CCN1C(=O)[C@@H]2[C@@H]3CC[C@@H](C3)[C@@H]2C1=O. The first-order chi connectivity index (χ1) is 12.0. The number of nitrogens with one attached hydrogen (secondary N) is 1. The van der Waals surface area contributed by atoms with Gasteiger partial charge in [0.15, 0.2) is 0 Å². The molecule has 3 aliphatic rings. The summed E-state index contributed by atoms with van der Waals surface area (Å²) in [5.74, 6) is 0.168. The number of likely N-dealkylation sites (tertiary alicyclic amines) is 1. The molecule has 3 amide bonds. The van der Waals surface area contributed by atoms with Gasteiger partial charge in [0.2, 0.25) is 17.7 Å². The zero-order valence-electron chi connectivity index (χ0n) is 14.1. The van der Waals surface area contributed by atoms with E-state index in [1.165, 1.54) is 4.90 Å². The molecule has 1 aromatic carbocycles. The molecule has 0 radical (unpaired) electrons. The van der Waals surface area contributed by atoms with Crippen molar-refractivity contribution in [1.29, 1.82) is 0 Å². The van der Waals surface area contributed by atoms with Crippen molar-refractivity contribution in [3.63, 3.8) is 0 Å². The molecule has 1 N–H and O–H groups in total. The lowest BCUT2D eigenvalue weighted by Crippen LogP contribution is -2.35. The second kappa shape index (κ2) is 6.13. The van der Waals surface area contributed by atoms with E-state index in [1.54, 1.807) is 12.1 Å². The minimum atomic E-state index is -0.217. The van der Waals surface area contributed by atoms with Gasteiger partial charge in [-0.25, -0.2) is 0 Å². The van der Waals surface area contributed by atoms with Crippen LogP contribution in [0, 0.1) is 30.6 Å². The van der Waals surface area contributed by atoms with Crippen LogP contribution in [0.5, 0.6) is 0 Å². The van der Waals surface area contributed by atoms with E-state index in [1.807, 2.05) is 13.0 Å². The molecule has 1 aromatic rings. The van der Waals surface area contributed by atoms with Crippen LogP contribution < -0.4 is 5.32 Å². The number of hydrogen-bond donors (Lipinski definition) is 1. The minimum Gasteiger partial charge on any atom is -0.326 e. The van der Waals surface area contributed by atoms with E-state index in [2.05, 4.69) is 5.32 Å². The molecular weight excluding hydrogens is 340 g/mol. The van der Waals surface area contributed by atoms with Gasteiger partial charge in [-0.3, -0.25) is 19.3 Å². The first kappa shape index (κ1) is 16.6. The lowest BCUT2D eigenvalue weighted by molar-refractivity contribution is -0.140. The molecule has 1 saturated heterocycles. The number of halogens is 1. The molecule has 0 unspecified atom stereocenters. The standard InChI is InChI=1S/C19H21ClN2O3/c1-10-2-5-13(20)9-14(10)21-15(23)6-7-22-18(24)16-11-3-4-12(8-11)17(16)19(22)25/h2,5,9,11-12,16-17H,3-4,6-8H2,1H3,(H,21,23)/t11-,12+,16-,17+. The number of carbonyl (C=O) groups excluding carboxylic acids is 3. The number of carbonyl (C=O) groups is 3. The molecule has 4 rings (SSSR count). The van der Waals surface area contributed by atoms with Gasteiger partial charge >= 0.3 is 0 Å². The molecule has 5 nitrogen and oxygen atoms in total. The predicted octanol–water partition coefficient (Wildman–Crippen LogP) is 3.01. The quantitative estimate of drug-likeness (QED) is 0.839. The first-order valence-electron chi connectivity index (χ1n) is 8.87. The molecule has 2 saturated carbocycles. The number of nitrogens with zero attached hydrogens (tertiary/aromatic N) is 1. The van der Waals surface area contributed by atoms with Gasteiger partial charge in [-0.1, -0.05) is 17.7 Å². The van der Waals surface area contributed by atoms with Crippen LogP contribution in [0.15, 0.2) is 18.2 Å². The Balaban J connectivity index is 1.38. The van der Waals surface area contributed by atoms with Crippen molar-refractivity contribution < 1.29 is 14.4 Å². The summed E-state index contributed by atoms with van der Waals surface area (Å²) in [7, 11) is 0. The van der Waals surface area contributed by atoms with Gasteiger partial charge in [0, 0.05) is 23.7 Å². The fraction of sp³-hybridized carbons (Fsp3) is 0.526. The van der Waals surface area contributed by atoms with Crippen LogP contribution in [0.25, 0.3) is 0 Å². The van der Waals surface area contributed by atoms with E-state index < -0.39 is 0 Å². The average Bonchev–Trinajstić information content (AvgIpc) is 3.24. The molecule has 2 aliphatic carbocycles. The molecule has 132 valence electrons. The number of fused-ring (bicyclic) bond motifs is 5. The molecule has 4 atom stereocenters. The highest BCUT2D eigenvalue weighted by Crippen LogP contribution is 2.56. The molecule has 6 heteroatoms. The molecule has 0 aromatic heterocycles. The fourth-order valence-corrected chi connectivity index (χ4v) is 5.02. The number of anilines is 1. The van der Waals surface area contributed by atoms with Gasteiger partial charge in [-0.2, -0.15) is 0 Å². The van der Waals surface area contributed by atoms with Crippen LogP contribution >= 0.6 is 11.6 Å². The first-order valence-corrected chi connectivity index (χ1v) is 9.24. The summed E-state index contributed by atoms with van der Waals surface area (Å²) in [5, 5.41) is 3.36. The van der Waals surface area contributed by atoms with Crippen LogP contribution in [0.4, 0.5) is 5.69 Å². The topological polar surface area (TPSA) is 66.5 Å². The molecule has 3 fully saturated rings. The van der Waals surface area contributed by atoms with Gasteiger partial charge in [0.1, 0.15) is 0 Å². The fourth-order valence-electron chi connectivity index (χ4n) is 4.85. The van der Waals surface area contributed by atoms with Crippen molar-refractivity contribution in [1.82, 2.24) is 4.90 Å². The highest BCUT2D eigenvalue weighted by atomic mass is 35.5. The monoisotopic (exact) mass is 360 g/mol. The maximum Gasteiger partial charge on any atom is 0.233 e. The Bertz CT molecular complexity index is 735. The largest absolute Gasteiger partial charge is 0.326 e. The summed E-state index contributed by atoms with van der Waals surface area (Å²) in [6, 6.07) is 5.30. The summed E-state index contributed by atoms with van der Waals surface area (Å²) in [5.41, 5.74) is 1.57. The number of aryl methyl sites for hydroxylation is 1. The van der Waals surface area contributed by atoms with Gasteiger partial charge in [0.05, 0.1) is 11.8 Å². The van der Waals surface area contributed by atoms with Crippen LogP contribution in [0.3, 0.4) is 0 Å².